The molecule has 0 bridgehead atoms. The first-order chi connectivity index (χ1) is 7.04. The fourth-order valence-electron chi connectivity index (χ4n) is 1.04. The zero-order valence-electron chi connectivity index (χ0n) is 7.60. The van der Waals surface area contributed by atoms with Crippen molar-refractivity contribution < 1.29 is 8.76 Å². The fourth-order valence-corrected chi connectivity index (χ4v) is 1.40. The molecule has 0 spiro atoms. The Labute approximate surface area is 90.4 Å². The average Bonchev–Trinajstić information content (AvgIpc) is 2.16. The zero-order chi connectivity index (χ0) is 11.4. The third-order valence-corrected chi connectivity index (χ3v) is 2.05. The van der Waals surface area contributed by atoms with Crippen molar-refractivity contribution in [3.63, 3.8) is 0 Å². The summed E-state index contributed by atoms with van der Waals surface area (Å²) in [6.07, 6.45) is 0. The molecular weight excluding hydrogens is 213 g/mol. The first-order valence-electron chi connectivity index (χ1n) is 3.84. The Morgan fingerprint density at radius 3 is 2.80 bits per heavy atom. The molecule has 0 aliphatic carbocycles. The number of nitriles is 1. The molecule has 1 unspecified atom stereocenters. The summed E-state index contributed by atoms with van der Waals surface area (Å²) in [5.41, 5.74) is 6.35. The van der Waals surface area contributed by atoms with E-state index in [1.165, 1.54) is 18.2 Å². The van der Waals surface area contributed by atoms with Crippen LogP contribution in [0.25, 0.3) is 0 Å². The Hall–Kier alpha value is -1.65. The molecule has 0 aromatic heterocycles. The Bertz CT molecular complexity index is 469. The van der Waals surface area contributed by atoms with Crippen LogP contribution in [0.5, 0.6) is 0 Å². The third kappa shape index (κ3) is 2.90. The van der Waals surface area contributed by atoms with Gasteiger partial charge < -0.3 is 0 Å². The van der Waals surface area contributed by atoms with Gasteiger partial charge in [-0.1, -0.05) is 0 Å². The number of nitrogens with one attached hydrogen (secondary N) is 1. The Balaban J connectivity index is 3.23. The van der Waals surface area contributed by atoms with Crippen LogP contribution in [0.3, 0.4) is 0 Å². The van der Waals surface area contributed by atoms with E-state index in [1.54, 1.807) is 0 Å². The number of benzene rings is 1. The summed E-state index contributed by atoms with van der Waals surface area (Å²) >= 11 is -2.24. The molecule has 5 nitrogen and oxygen atoms in total. The Morgan fingerprint density at radius 2 is 2.33 bits per heavy atom. The summed E-state index contributed by atoms with van der Waals surface area (Å²) in [7, 11) is 5.37. The van der Waals surface area contributed by atoms with Crippen LogP contribution in [0.1, 0.15) is 11.1 Å². The first kappa shape index (κ1) is 11.4. The summed E-state index contributed by atoms with van der Waals surface area (Å²) in [5.74, 6) is 0. The number of hydrogen-bond donors (Lipinski definition) is 3. The van der Waals surface area contributed by atoms with Gasteiger partial charge in [0.15, 0.2) is 0 Å². The first-order valence-corrected chi connectivity index (χ1v) is 4.95. The minimum atomic E-state index is -2.24. The predicted molar refractivity (Wildman–Crippen MR) is 59.6 cm³/mol. The van der Waals surface area contributed by atoms with Crippen LogP contribution in [-0.4, -0.2) is 21.8 Å². The minimum absolute atomic E-state index is 0.00689. The van der Waals surface area contributed by atoms with Crippen molar-refractivity contribution in [1.82, 2.24) is 0 Å². The molecule has 0 saturated carbocycles. The zero-order valence-corrected chi connectivity index (χ0v) is 8.41. The molecule has 1 aromatic rings. The molecular formula is C8H7BN3O2S. The van der Waals surface area contributed by atoms with Crippen LogP contribution < -0.4 is 10.5 Å². The van der Waals surface area contributed by atoms with Gasteiger partial charge in [-0.05, 0) is 0 Å². The van der Waals surface area contributed by atoms with Crippen molar-refractivity contribution in [1.29, 1.82) is 5.26 Å². The standard InChI is InChI=1S/C8H7BN3O2S/c9-8(11)6-2-1-5(4-10)3-7(6)12-15(13)14/h1-3,12H,11H2,(H,13,14). The number of rotatable bonds is 3. The molecule has 0 aliphatic rings. The SMILES string of the molecule is [B]=C(N)c1ccc(C#N)cc1NS(=O)O. The van der Waals surface area contributed by atoms with Gasteiger partial charge in [-0.25, -0.2) is 0 Å². The second-order valence-electron chi connectivity index (χ2n) is 2.68. The molecule has 0 fully saturated rings. The van der Waals surface area contributed by atoms with Crippen LogP contribution in [0.4, 0.5) is 5.69 Å². The fraction of sp³-hybridized carbons (Fsp3) is 0. The number of nitrogens with two attached hydrogens (primary N) is 1. The Morgan fingerprint density at radius 1 is 1.67 bits per heavy atom. The monoisotopic (exact) mass is 220 g/mol. The molecule has 0 heterocycles. The second kappa shape index (κ2) is 4.73. The Kier molecular flexibility index (Phi) is 3.60. The number of nitrogens with zero attached hydrogens (tertiary/aromatic N) is 1. The van der Waals surface area contributed by atoms with E-state index >= 15 is 0 Å². The summed E-state index contributed by atoms with van der Waals surface area (Å²) in [6.45, 7) is 0. The van der Waals surface area contributed by atoms with Crippen LogP contribution >= 0.6 is 0 Å². The van der Waals surface area contributed by atoms with Gasteiger partial charge in [-0.2, -0.15) is 0 Å². The second-order valence-corrected chi connectivity index (χ2v) is 3.38. The summed E-state index contributed by atoms with van der Waals surface area (Å²) in [6, 6.07) is 6.30. The maximum absolute atomic E-state index is 10.6. The van der Waals surface area contributed by atoms with Crippen molar-refractivity contribution in [2.75, 3.05) is 4.72 Å². The van der Waals surface area contributed by atoms with E-state index in [4.69, 9.17) is 23.0 Å². The van der Waals surface area contributed by atoms with Gasteiger partial charge in [0.05, 0.1) is 0 Å². The quantitative estimate of drug-likeness (QED) is 0.481. The van der Waals surface area contributed by atoms with Crippen molar-refractivity contribution in [2.24, 2.45) is 5.73 Å². The van der Waals surface area contributed by atoms with E-state index in [0.29, 0.717) is 11.1 Å². The van der Waals surface area contributed by atoms with Crippen LogP contribution in [-0.2, 0) is 11.3 Å². The number of anilines is 1. The third-order valence-electron chi connectivity index (χ3n) is 1.66. The summed E-state index contributed by atoms with van der Waals surface area (Å²) in [5, 5.41) is 8.64. The van der Waals surface area contributed by atoms with Gasteiger partial charge >= 0.3 is 89.9 Å². The molecule has 1 rings (SSSR count). The van der Waals surface area contributed by atoms with Crippen molar-refractivity contribution >= 4 is 30.0 Å². The van der Waals surface area contributed by atoms with E-state index < -0.39 is 11.3 Å². The predicted octanol–water partition coefficient (Wildman–Crippen LogP) is -0.288. The van der Waals surface area contributed by atoms with Crippen molar-refractivity contribution in [2.45, 2.75) is 0 Å². The van der Waals surface area contributed by atoms with E-state index in [9.17, 15) is 4.21 Å². The van der Waals surface area contributed by atoms with E-state index in [0.717, 1.165) is 0 Å². The van der Waals surface area contributed by atoms with Crippen LogP contribution in [0, 0.1) is 11.3 Å². The van der Waals surface area contributed by atoms with Gasteiger partial charge in [0.25, 0.3) is 0 Å². The summed E-state index contributed by atoms with van der Waals surface area (Å²) in [4.78, 5) is 0. The molecule has 4 N–H and O–H groups in total. The molecule has 75 valence electrons. The van der Waals surface area contributed by atoms with E-state index in [2.05, 4.69) is 4.72 Å². The van der Waals surface area contributed by atoms with E-state index in [-0.39, 0.29) is 11.3 Å². The molecule has 0 saturated heterocycles. The molecule has 15 heavy (non-hydrogen) atoms. The van der Waals surface area contributed by atoms with Gasteiger partial charge in [0.1, 0.15) is 0 Å². The number of hydrogen-bond acceptors (Lipinski definition) is 3. The molecule has 1 radical (unpaired) electrons. The molecule has 0 aliphatic heterocycles. The van der Waals surface area contributed by atoms with E-state index in [1.807, 2.05) is 6.07 Å². The normalized spacial score (nSPS) is 11.4. The van der Waals surface area contributed by atoms with Gasteiger partial charge in [-0.3, -0.25) is 0 Å². The van der Waals surface area contributed by atoms with Crippen molar-refractivity contribution in [3.8, 4) is 6.07 Å². The van der Waals surface area contributed by atoms with Crippen molar-refractivity contribution in [3.05, 3.63) is 29.3 Å². The molecule has 0 amide bonds. The topological polar surface area (TPSA) is 99.1 Å². The molecule has 1 aromatic carbocycles. The van der Waals surface area contributed by atoms with Gasteiger partial charge in [-0.15, -0.1) is 0 Å². The molecule has 7 heteroatoms. The summed E-state index contributed by atoms with van der Waals surface area (Å²) < 4.78 is 21.5. The average molecular weight is 220 g/mol. The maximum atomic E-state index is 10.6. The van der Waals surface area contributed by atoms with Gasteiger partial charge in [0, 0.05) is 0 Å². The van der Waals surface area contributed by atoms with Crippen LogP contribution in [0.15, 0.2) is 18.2 Å². The molecule has 1 atom stereocenters. The van der Waals surface area contributed by atoms with Gasteiger partial charge in [0.2, 0.25) is 0 Å². The van der Waals surface area contributed by atoms with Crippen LogP contribution in [0.2, 0.25) is 0 Å².